The van der Waals surface area contributed by atoms with Gasteiger partial charge in [-0.05, 0) is 72.3 Å². The van der Waals surface area contributed by atoms with Crippen LogP contribution < -0.4 is 15.6 Å². The van der Waals surface area contributed by atoms with Crippen LogP contribution >= 0.6 is 0 Å². The van der Waals surface area contributed by atoms with Crippen molar-refractivity contribution in [3.63, 3.8) is 0 Å². The molecule has 0 unspecified atom stereocenters. The number of halogens is 2. The third kappa shape index (κ3) is 6.05. The zero-order valence-corrected chi connectivity index (χ0v) is 21.4. The van der Waals surface area contributed by atoms with Crippen LogP contribution in [0.3, 0.4) is 0 Å². The number of carbonyl (C=O) groups is 1. The van der Waals surface area contributed by atoms with Gasteiger partial charge >= 0.3 is 0 Å². The van der Waals surface area contributed by atoms with Gasteiger partial charge in [0.05, 0.1) is 11.9 Å². The molecule has 1 amide bonds. The van der Waals surface area contributed by atoms with Gasteiger partial charge in [0.2, 0.25) is 0 Å². The second-order valence-electron chi connectivity index (χ2n) is 8.99. The third-order valence-electron chi connectivity index (χ3n) is 6.04. The minimum Gasteiger partial charge on any atom is -0.453 e. The molecule has 0 saturated heterocycles. The molecule has 9 heteroatoms. The molecule has 1 N–H and O–H groups in total. The van der Waals surface area contributed by atoms with Crippen molar-refractivity contribution in [3.05, 3.63) is 142 Å². The highest BCUT2D eigenvalue weighted by molar-refractivity contribution is 5.95. The Morgan fingerprint density at radius 3 is 2.27 bits per heavy atom. The van der Waals surface area contributed by atoms with Crippen LogP contribution in [0.1, 0.15) is 15.9 Å². The Hall–Kier alpha value is -5.31. The highest BCUT2D eigenvalue weighted by Crippen LogP contribution is 2.29. The van der Waals surface area contributed by atoms with Crippen LogP contribution in [0.5, 0.6) is 11.5 Å². The summed E-state index contributed by atoms with van der Waals surface area (Å²) in [5.41, 5.74) is 1.65. The predicted octanol–water partition coefficient (Wildman–Crippen LogP) is 6.32. The van der Waals surface area contributed by atoms with Gasteiger partial charge in [-0.15, -0.1) is 0 Å². The molecular formula is C31H24F2N4O3. The average Bonchev–Trinajstić information content (AvgIpc) is 2.97. The van der Waals surface area contributed by atoms with Crippen LogP contribution in [0.4, 0.5) is 20.2 Å². The fourth-order valence-corrected chi connectivity index (χ4v) is 4.05. The number of nitrogens with zero attached hydrogens (tertiary/aromatic N) is 3. The fraction of sp³-hybridized carbons (Fsp3) is 0.0645. The average molecular weight is 539 g/mol. The Balaban J connectivity index is 1.48. The van der Waals surface area contributed by atoms with Gasteiger partial charge in [0.25, 0.3) is 11.5 Å². The number of hydrogen-bond acceptors (Lipinski definition) is 5. The minimum atomic E-state index is -0.579. The summed E-state index contributed by atoms with van der Waals surface area (Å²) in [6.07, 6.45) is 1.33. The maximum Gasteiger partial charge on any atom is 0.299 e. The van der Waals surface area contributed by atoms with Gasteiger partial charge in [0.1, 0.15) is 17.4 Å². The molecule has 0 saturated carbocycles. The van der Waals surface area contributed by atoms with E-state index in [2.05, 4.69) is 10.4 Å². The van der Waals surface area contributed by atoms with E-state index in [9.17, 15) is 18.4 Å². The van der Waals surface area contributed by atoms with E-state index in [0.717, 1.165) is 10.2 Å². The zero-order valence-electron chi connectivity index (χ0n) is 21.4. The van der Waals surface area contributed by atoms with E-state index < -0.39 is 17.2 Å². The van der Waals surface area contributed by atoms with Crippen molar-refractivity contribution in [1.29, 1.82) is 0 Å². The lowest BCUT2D eigenvalue weighted by Gasteiger charge is -2.18. The van der Waals surface area contributed by atoms with Crippen molar-refractivity contribution in [3.8, 4) is 17.2 Å². The molecule has 0 spiro atoms. The van der Waals surface area contributed by atoms with E-state index in [0.29, 0.717) is 23.5 Å². The molecule has 0 aliphatic heterocycles. The second-order valence-corrected chi connectivity index (χ2v) is 8.99. The SMILES string of the molecule is CN(Cc1ccccc1)C(=O)c1cccc(Nc2c(Oc3ccc(F)cc3)cnn(-c3ccc(F)cc3)c2=O)c1. The standard InChI is InChI=1S/C31H24F2N4O3/c1-36(20-21-6-3-2-4-7-21)30(38)22-8-5-9-25(18-22)35-29-28(40-27-16-12-24(33)13-17-27)19-34-37(31(29)39)26-14-10-23(32)11-15-26/h2-19,35H,20H2,1H3. The van der Waals surface area contributed by atoms with Crippen LogP contribution in [-0.2, 0) is 6.54 Å². The van der Waals surface area contributed by atoms with Crippen LogP contribution in [-0.4, -0.2) is 27.6 Å². The number of carbonyl (C=O) groups excluding carboxylic acids is 1. The topological polar surface area (TPSA) is 76.5 Å². The molecule has 0 atom stereocenters. The molecule has 5 rings (SSSR count). The van der Waals surface area contributed by atoms with E-state index in [1.54, 1.807) is 36.2 Å². The van der Waals surface area contributed by atoms with Crippen LogP contribution in [0.15, 0.2) is 114 Å². The number of benzene rings is 4. The molecule has 0 radical (unpaired) electrons. The maximum atomic E-state index is 13.6. The minimum absolute atomic E-state index is 0.0193. The number of hydrogen-bond donors (Lipinski definition) is 1. The van der Waals surface area contributed by atoms with Gasteiger partial charge in [0.15, 0.2) is 11.4 Å². The molecule has 1 heterocycles. The van der Waals surface area contributed by atoms with Crippen molar-refractivity contribution in [2.75, 3.05) is 12.4 Å². The number of aromatic nitrogens is 2. The van der Waals surface area contributed by atoms with Gasteiger partial charge in [-0.1, -0.05) is 36.4 Å². The zero-order chi connectivity index (χ0) is 28.1. The molecule has 1 aromatic heterocycles. The van der Waals surface area contributed by atoms with Crippen molar-refractivity contribution < 1.29 is 18.3 Å². The summed E-state index contributed by atoms with van der Waals surface area (Å²) in [5.74, 6) is -0.724. The van der Waals surface area contributed by atoms with E-state index in [1.807, 2.05) is 30.3 Å². The lowest BCUT2D eigenvalue weighted by Crippen LogP contribution is -2.26. The highest BCUT2D eigenvalue weighted by atomic mass is 19.1. The normalized spacial score (nSPS) is 10.7. The van der Waals surface area contributed by atoms with Gasteiger partial charge < -0.3 is 15.0 Å². The molecule has 5 aromatic rings. The Morgan fingerprint density at radius 2 is 1.57 bits per heavy atom. The molecule has 0 bridgehead atoms. The summed E-state index contributed by atoms with van der Waals surface area (Å²) in [5, 5.41) is 7.25. The summed E-state index contributed by atoms with van der Waals surface area (Å²) in [6.45, 7) is 0.430. The molecule has 7 nitrogen and oxygen atoms in total. The van der Waals surface area contributed by atoms with Crippen molar-refractivity contribution in [1.82, 2.24) is 14.7 Å². The molecule has 0 aliphatic carbocycles. The molecule has 200 valence electrons. The Kier molecular flexibility index (Phi) is 7.63. The monoisotopic (exact) mass is 538 g/mol. The predicted molar refractivity (Wildman–Crippen MR) is 148 cm³/mol. The molecule has 0 fully saturated rings. The molecule has 4 aromatic carbocycles. The maximum absolute atomic E-state index is 13.6. The van der Waals surface area contributed by atoms with Crippen molar-refractivity contribution >= 4 is 17.3 Å². The summed E-state index contributed by atoms with van der Waals surface area (Å²) >= 11 is 0. The number of anilines is 2. The van der Waals surface area contributed by atoms with E-state index in [-0.39, 0.29) is 23.1 Å². The summed E-state index contributed by atoms with van der Waals surface area (Å²) < 4.78 is 33.9. The van der Waals surface area contributed by atoms with Crippen molar-refractivity contribution in [2.24, 2.45) is 0 Å². The molecular weight excluding hydrogens is 514 g/mol. The lowest BCUT2D eigenvalue weighted by molar-refractivity contribution is 0.0785. The Bertz CT molecular complexity index is 1690. The smallest absolute Gasteiger partial charge is 0.299 e. The van der Waals surface area contributed by atoms with Gasteiger partial charge in [-0.3, -0.25) is 9.59 Å². The Morgan fingerprint density at radius 1 is 0.900 bits per heavy atom. The van der Waals surface area contributed by atoms with E-state index >= 15 is 0 Å². The van der Waals surface area contributed by atoms with E-state index in [4.69, 9.17) is 4.74 Å². The third-order valence-corrected chi connectivity index (χ3v) is 6.04. The van der Waals surface area contributed by atoms with Crippen molar-refractivity contribution in [2.45, 2.75) is 6.54 Å². The fourth-order valence-electron chi connectivity index (χ4n) is 4.05. The largest absolute Gasteiger partial charge is 0.453 e. The first-order valence-electron chi connectivity index (χ1n) is 12.4. The molecule has 40 heavy (non-hydrogen) atoms. The first-order chi connectivity index (χ1) is 19.4. The number of ether oxygens (including phenoxy) is 1. The summed E-state index contributed by atoms with van der Waals surface area (Å²) in [7, 11) is 1.72. The summed E-state index contributed by atoms with van der Waals surface area (Å²) in [6, 6.07) is 27.0. The van der Waals surface area contributed by atoms with Crippen LogP contribution in [0.2, 0.25) is 0 Å². The first-order valence-corrected chi connectivity index (χ1v) is 12.4. The lowest BCUT2D eigenvalue weighted by atomic mass is 10.1. The number of nitrogens with one attached hydrogen (secondary N) is 1. The number of amides is 1. The van der Waals surface area contributed by atoms with Crippen LogP contribution in [0, 0.1) is 11.6 Å². The first kappa shape index (κ1) is 26.3. The van der Waals surface area contributed by atoms with Gasteiger partial charge in [-0.25, -0.2) is 8.78 Å². The van der Waals surface area contributed by atoms with Gasteiger partial charge in [-0.2, -0.15) is 9.78 Å². The number of rotatable bonds is 8. The van der Waals surface area contributed by atoms with Gasteiger partial charge in [0, 0.05) is 24.8 Å². The Labute approximate surface area is 228 Å². The van der Waals surface area contributed by atoms with E-state index in [1.165, 1.54) is 54.7 Å². The summed E-state index contributed by atoms with van der Waals surface area (Å²) in [4.78, 5) is 28.3. The second kappa shape index (κ2) is 11.6. The molecule has 0 aliphatic rings. The quantitative estimate of drug-likeness (QED) is 0.250. The van der Waals surface area contributed by atoms with Crippen LogP contribution in [0.25, 0.3) is 5.69 Å². The highest BCUT2D eigenvalue weighted by Gasteiger charge is 2.17.